The van der Waals surface area contributed by atoms with Crippen LogP contribution < -0.4 is 5.32 Å². The van der Waals surface area contributed by atoms with Gasteiger partial charge in [0, 0.05) is 11.4 Å². The Morgan fingerprint density at radius 2 is 2.05 bits per heavy atom. The van der Waals surface area contributed by atoms with E-state index in [0.717, 1.165) is 27.5 Å². The molecule has 3 aromatic rings. The summed E-state index contributed by atoms with van der Waals surface area (Å²) in [6.07, 6.45) is 1.76. The summed E-state index contributed by atoms with van der Waals surface area (Å²) in [6.45, 7) is 2.81. The van der Waals surface area contributed by atoms with E-state index in [-0.39, 0.29) is 0 Å². The van der Waals surface area contributed by atoms with E-state index < -0.39 is 0 Å². The highest BCUT2D eigenvalue weighted by molar-refractivity contribution is 7.99. The van der Waals surface area contributed by atoms with Crippen molar-refractivity contribution in [3.63, 3.8) is 0 Å². The van der Waals surface area contributed by atoms with E-state index in [1.807, 2.05) is 25.1 Å². The zero-order valence-electron chi connectivity index (χ0n) is 10.4. The van der Waals surface area contributed by atoms with Crippen LogP contribution in [0.2, 0.25) is 0 Å². The van der Waals surface area contributed by atoms with E-state index in [4.69, 9.17) is 0 Å². The van der Waals surface area contributed by atoms with E-state index >= 15 is 0 Å². The van der Waals surface area contributed by atoms with Crippen LogP contribution in [0, 0.1) is 0 Å². The standard InChI is InChI=1S/C13H13N5S/c1-2-14-13-16-11-10(8-15-18-11)12(17-13)19-9-6-4-3-5-7-9/h3-8H,2H2,1H3,(H2,14,15,16,17,18). The van der Waals surface area contributed by atoms with Crippen molar-refractivity contribution in [2.45, 2.75) is 16.8 Å². The van der Waals surface area contributed by atoms with Crippen molar-refractivity contribution < 1.29 is 0 Å². The SMILES string of the molecule is CCNc1nc(Sc2ccccc2)c2cn[nH]c2n1. The number of fused-ring (bicyclic) bond motifs is 1. The molecule has 2 N–H and O–H groups in total. The molecule has 96 valence electrons. The Bertz CT molecular complexity index is 680. The molecule has 0 amide bonds. The van der Waals surface area contributed by atoms with Gasteiger partial charge in [-0.05, 0) is 19.1 Å². The van der Waals surface area contributed by atoms with Crippen LogP contribution in [-0.2, 0) is 0 Å². The van der Waals surface area contributed by atoms with Crippen molar-refractivity contribution in [3.05, 3.63) is 36.5 Å². The summed E-state index contributed by atoms with van der Waals surface area (Å²) < 4.78 is 0. The average molecular weight is 271 g/mol. The molecule has 3 rings (SSSR count). The summed E-state index contributed by atoms with van der Waals surface area (Å²) in [4.78, 5) is 10.1. The fourth-order valence-electron chi connectivity index (χ4n) is 1.72. The first-order valence-corrected chi connectivity index (χ1v) is 6.86. The number of hydrogen-bond acceptors (Lipinski definition) is 5. The Balaban J connectivity index is 2.03. The van der Waals surface area contributed by atoms with Gasteiger partial charge in [0.1, 0.15) is 5.03 Å². The van der Waals surface area contributed by atoms with Crippen LogP contribution in [-0.4, -0.2) is 26.7 Å². The Kier molecular flexibility index (Phi) is 3.33. The van der Waals surface area contributed by atoms with Crippen molar-refractivity contribution in [2.75, 3.05) is 11.9 Å². The van der Waals surface area contributed by atoms with E-state index in [9.17, 15) is 0 Å². The fourth-order valence-corrected chi connectivity index (χ4v) is 2.63. The molecule has 6 heteroatoms. The normalized spacial score (nSPS) is 10.8. The second-order valence-electron chi connectivity index (χ2n) is 3.93. The van der Waals surface area contributed by atoms with E-state index in [0.29, 0.717) is 5.95 Å². The largest absolute Gasteiger partial charge is 0.354 e. The molecular formula is C13H13N5S. The molecule has 2 heterocycles. The molecule has 0 spiro atoms. The minimum absolute atomic E-state index is 0.623. The van der Waals surface area contributed by atoms with E-state index in [1.54, 1.807) is 18.0 Å². The molecule has 0 saturated carbocycles. The monoisotopic (exact) mass is 271 g/mol. The predicted molar refractivity (Wildman–Crippen MR) is 76.4 cm³/mol. The lowest BCUT2D eigenvalue weighted by Gasteiger charge is -2.05. The summed E-state index contributed by atoms with van der Waals surface area (Å²) in [5.74, 6) is 0.623. The lowest BCUT2D eigenvalue weighted by molar-refractivity contribution is 1.04. The maximum absolute atomic E-state index is 4.54. The third kappa shape index (κ3) is 2.53. The molecule has 0 radical (unpaired) electrons. The van der Waals surface area contributed by atoms with Gasteiger partial charge in [-0.1, -0.05) is 30.0 Å². The third-order valence-corrected chi connectivity index (χ3v) is 3.58. The van der Waals surface area contributed by atoms with Gasteiger partial charge in [0.05, 0.1) is 11.6 Å². The number of hydrogen-bond donors (Lipinski definition) is 2. The Morgan fingerprint density at radius 3 is 2.84 bits per heavy atom. The zero-order valence-corrected chi connectivity index (χ0v) is 11.2. The molecule has 0 fully saturated rings. The van der Waals surface area contributed by atoms with Crippen molar-refractivity contribution in [1.29, 1.82) is 0 Å². The molecule has 0 bridgehead atoms. The van der Waals surface area contributed by atoms with Crippen LogP contribution in [0.1, 0.15) is 6.92 Å². The van der Waals surface area contributed by atoms with Crippen LogP contribution in [0.25, 0.3) is 11.0 Å². The third-order valence-electron chi connectivity index (χ3n) is 2.57. The smallest absolute Gasteiger partial charge is 0.225 e. The molecular weight excluding hydrogens is 258 g/mol. The number of H-pyrrole nitrogens is 1. The molecule has 5 nitrogen and oxygen atoms in total. The van der Waals surface area contributed by atoms with Crippen LogP contribution in [0.5, 0.6) is 0 Å². The molecule has 0 aliphatic heterocycles. The summed E-state index contributed by atoms with van der Waals surface area (Å²) in [5, 5.41) is 11.9. The Labute approximate surface area is 114 Å². The number of benzene rings is 1. The quantitative estimate of drug-likeness (QED) is 0.714. The summed E-state index contributed by atoms with van der Waals surface area (Å²) in [5.41, 5.74) is 0.754. The highest BCUT2D eigenvalue weighted by Gasteiger charge is 2.10. The van der Waals surface area contributed by atoms with E-state index in [2.05, 4.69) is 37.6 Å². The molecule has 0 unspecified atom stereocenters. The topological polar surface area (TPSA) is 66.5 Å². The van der Waals surface area contributed by atoms with Gasteiger partial charge in [0.25, 0.3) is 0 Å². The summed E-state index contributed by atoms with van der Waals surface area (Å²) in [7, 11) is 0. The highest BCUT2D eigenvalue weighted by Crippen LogP contribution is 2.31. The number of nitrogens with one attached hydrogen (secondary N) is 2. The maximum Gasteiger partial charge on any atom is 0.225 e. The highest BCUT2D eigenvalue weighted by atomic mass is 32.2. The van der Waals surface area contributed by atoms with Gasteiger partial charge in [-0.15, -0.1) is 0 Å². The first kappa shape index (κ1) is 12.0. The van der Waals surface area contributed by atoms with Gasteiger partial charge < -0.3 is 5.32 Å². The first-order chi connectivity index (χ1) is 9.36. The second kappa shape index (κ2) is 5.27. The number of aromatic nitrogens is 4. The first-order valence-electron chi connectivity index (χ1n) is 6.04. The van der Waals surface area contributed by atoms with Crippen LogP contribution in [0.15, 0.2) is 46.5 Å². The molecule has 1 aromatic carbocycles. The minimum Gasteiger partial charge on any atom is -0.354 e. The number of rotatable bonds is 4. The van der Waals surface area contributed by atoms with Gasteiger partial charge >= 0.3 is 0 Å². The van der Waals surface area contributed by atoms with Gasteiger partial charge in [0.15, 0.2) is 5.65 Å². The number of nitrogens with zero attached hydrogens (tertiary/aromatic N) is 3. The van der Waals surface area contributed by atoms with Gasteiger partial charge in [0.2, 0.25) is 5.95 Å². The average Bonchev–Trinajstić information content (AvgIpc) is 2.89. The second-order valence-corrected chi connectivity index (χ2v) is 4.99. The maximum atomic E-state index is 4.54. The zero-order chi connectivity index (χ0) is 13.1. The lowest BCUT2D eigenvalue weighted by Crippen LogP contribution is -2.02. The Hall–Kier alpha value is -2.08. The van der Waals surface area contributed by atoms with Crippen molar-refractivity contribution in [2.24, 2.45) is 0 Å². The van der Waals surface area contributed by atoms with E-state index in [1.165, 1.54) is 0 Å². The van der Waals surface area contributed by atoms with Gasteiger partial charge in [-0.3, -0.25) is 5.10 Å². The molecule has 0 atom stereocenters. The Morgan fingerprint density at radius 1 is 1.21 bits per heavy atom. The predicted octanol–water partition coefficient (Wildman–Crippen LogP) is 2.94. The number of anilines is 1. The van der Waals surface area contributed by atoms with Crippen molar-refractivity contribution >= 4 is 28.7 Å². The lowest BCUT2D eigenvalue weighted by atomic mass is 10.4. The fraction of sp³-hybridized carbons (Fsp3) is 0.154. The van der Waals surface area contributed by atoms with Crippen molar-refractivity contribution in [1.82, 2.24) is 20.2 Å². The number of aromatic amines is 1. The van der Waals surface area contributed by atoms with Gasteiger partial charge in [-0.2, -0.15) is 10.1 Å². The van der Waals surface area contributed by atoms with Crippen LogP contribution in [0.3, 0.4) is 0 Å². The molecule has 0 aliphatic rings. The summed E-state index contributed by atoms with van der Waals surface area (Å²) >= 11 is 1.61. The van der Waals surface area contributed by atoms with Gasteiger partial charge in [-0.25, -0.2) is 4.98 Å². The molecule has 2 aromatic heterocycles. The molecule has 0 aliphatic carbocycles. The summed E-state index contributed by atoms with van der Waals surface area (Å²) in [6, 6.07) is 10.2. The molecule has 0 saturated heterocycles. The minimum atomic E-state index is 0.623. The molecule has 19 heavy (non-hydrogen) atoms. The van der Waals surface area contributed by atoms with Crippen molar-refractivity contribution in [3.8, 4) is 0 Å². The van der Waals surface area contributed by atoms with Crippen LogP contribution in [0.4, 0.5) is 5.95 Å². The van der Waals surface area contributed by atoms with Crippen LogP contribution >= 0.6 is 11.8 Å².